The molecule has 0 spiro atoms. The molecule has 5 nitrogen and oxygen atoms in total. The van der Waals surface area contributed by atoms with Gasteiger partial charge in [-0.05, 0) is 55.0 Å². The minimum Gasteiger partial charge on any atom is -0.482 e. The molecule has 0 aliphatic heterocycles. The van der Waals surface area contributed by atoms with Gasteiger partial charge in [0, 0.05) is 12.6 Å². The van der Waals surface area contributed by atoms with E-state index in [0.717, 1.165) is 24.8 Å². The number of hydrogen-bond acceptors (Lipinski definition) is 5. The normalized spacial score (nSPS) is 17.0. The molecule has 0 amide bonds. The first-order valence-electron chi connectivity index (χ1n) is 9.52. The molecule has 2 atom stereocenters. The molecular formula is C22H27NO4. The quantitative estimate of drug-likeness (QED) is 0.701. The van der Waals surface area contributed by atoms with Crippen LogP contribution >= 0.6 is 0 Å². The van der Waals surface area contributed by atoms with Gasteiger partial charge < -0.3 is 19.9 Å². The molecule has 2 N–H and O–H groups in total. The summed E-state index contributed by atoms with van der Waals surface area (Å²) in [7, 11) is 0. The summed E-state index contributed by atoms with van der Waals surface area (Å²) in [6.45, 7) is 2.59. The fourth-order valence-corrected chi connectivity index (χ4v) is 3.41. The molecule has 0 fully saturated rings. The topological polar surface area (TPSA) is 67.8 Å². The third kappa shape index (κ3) is 5.55. The Bertz CT molecular complexity index is 747. The Labute approximate surface area is 160 Å². The molecule has 3 rings (SSSR count). The van der Waals surface area contributed by atoms with Crippen LogP contribution in [0.3, 0.4) is 0 Å². The molecule has 5 heteroatoms. The number of aliphatic hydroxyl groups is 1. The number of aryl methyl sites for hydroxylation is 1. The molecule has 0 saturated carbocycles. The summed E-state index contributed by atoms with van der Waals surface area (Å²) in [5.41, 5.74) is 3.48. The average Bonchev–Trinajstić information content (AvgIpc) is 2.71. The smallest absolute Gasteiger partial charge is 0.344 e. The highest BCUT2D eigenvalue weighted by Gasteiger charge is 2.20. The predicted octanol–water partition coefficient (Wildman–Crippen LogP) is 2.81. The first-order valence-corrected chi connectivity index (χ1v) is 9.52. The van der Waals surface area contributed by atoms with Crippen LogP contribution in [0.2, 0.25) is 0 Å². The van der Waals surface area contributed by atoms with Crippen molar-refractivity contribution in [2.24, 2.45) is 0 Å². The SMILES string of the molecule is CCOC(=O)COc1ccc2c(c1)C[C@@H](NC[C@H](O)c1ccccc1)CC2. The third-order valence-corrected chi connectivity index (χ3v) is 4.85. The molecule has 1 aliphatic rings. The highest BCUT2D eigenvalue weighted by Crippen LogP contribution is 2.26. The number of nitrogens with one attached hydrogen (secondary N) is 1. The highest BCUT2D eigenvalue weighted by molar-refractivity contribution is 5.71. The number of esters is 1. The van der Waals surface area contributed by atoms with E-state index in [9.17, 15) is 9.90 Å². The maximum absolute atomic E-state index is 11.4. The molecule has 0 aromatic heterocycles. The molecule has 0 radical (unpaired) electrons. The lowest BCUT2D eigenvalue weighted by atomic mass is 9.88. The Balaban J connectivity index is 1.53. The number of hydrogen-bond donors (Lipinski definition) is 2. The minimum absolute atomic E-state index is 0.0719. The van der Waals surface area contributed by atoms with E-state index in [1.54, 1.807) is 6.92 Å². The van der Waals surface area contributed by atoms with Crippen LogP contribution in [0, 0.1) is 0 Å². The Kier molecular flexibility index (Phi) is 6.85. The zero-order chi connectivity index (χ0) is 19.1. The Morgan fingerprint density at radius 2 is 2.04 bits per heavy atom. The molecule has 1 aliphatic carbocycles. The lowest BCUT2D eigenvalue weighted by Gasteiger charge is -2.27. The number of ether oxygens (including phenoxy) is 2. The van der Waals surface area contributed by atoms with E-state index in [1.807, 2.05) is 42.5 Å². The Morgan fingerprint density at radius 3 is 2.81 bits per heavy atom. The summed E-state index contributed by atoms with van der Waals surface area (Å²) < 4.78 is 10.4. The highest BCUT2D eigenvalue weighted by atomic mass is 16.6. The molecule has 2 aromatic carbocycles. The van der Waals surface area contributed by atoms with Crippen molar-refractivity contribution in [2.45, 2.75) is 38.3 Å². The second-order valence-electron chi connectivity index (χ2n) is 6.80. The van der Waals surface area contributed by atoms with Gasteiger partial charge in [0.05, 0.1) is 12.7 Å². The molecule has 0 bridgehead atoms. The summed E-state index contributed by atoms with van der Waals surface area (Å²) >= 11 is 0. The van der Waals surface area contributed by atoms with Gasteiger partial charge in [-0.15, -0.1) is 0 Å². The van der Waals surface area contributed by atoms with Gasteiger partial charge in [0.2, 0.25) is 0 Å². The molecule has 2 aromatic rings. The zero-order valence-electron chi connectivity index (χ0n) is 15.7. The summed E-state index contributed by atoms with van der Waals surface area (Å²) in [5, 5.41) is 13.8. The monoisotopic (exact) mass is 369 g/mol. The van der Waals surface area contributed by atoms with Crippen LogP contribution in [0.4, 0.5) is 0 Å². The number of benzene rings is 2. The molecule has 0 unspecified atom stereocenters. The molecule has 0 saturated heterocycles. The van der Waals surface area contributed by atoms with Crippen molar-refractivity contribution in [1.29, 1.82) is 0 Å². The van der Waals surface area contributed by atoms with Crippen molar-refractivity contribution in [1.82, 2.24) is 5.32 Å². The lowest BCUT2D eigenvalue weighted by Crippen LogP contribution is -2.37. The Hall–Kier alpha value is -2.37. The van der Waals surface area contributed by atoms with Crippen LogP contribution in [-0.2, 0) is 22.4 Å². The summed E-state index contributed by atoms with van der Waals surface area (Å²) in [6, 6.07) is 16.0. The molecular weight excluding hydrogens is 342 g/mol. The largest absolute Gasteiger partial charge is 0.482 e. The first-order chi connectivity index (χ1) is 13.2. The van der Waals surface area contributed by atoms with E-state index in [0.29, 0.717) is 24.9 Å². The zero-order valence-corrected chi connectivity index (χ0v) is 15.7. The Morgan fingerprint density at radius 1 is 1.22 bits per heavy atom. The minimum atomic E-state index is -0.508. The summed E-state index contributed by atoms with van der Waals surface area (Å²) in [4.78, 5) is 11.4. The van der Waals surface area contributed by atoms with E-state index in [-0.39, 0.29) is 12.6 Å². The lowest BCUT2D eigenvalue weighted by molar-refractivity contribution is -0.145. The van der Waals surface area contributed by atoms with Crippen molar-refractivity contribution >= 4 is 5.97 Å². The van der Waals surface area contributed by atoms with E-state index in [1.165, 1.54) is 11.1 Å². The number of aliphatic hydroxyl groups excluding tert-OH is 1. The standard InChI is InChI=1S/C22H27NO4/c1-2-26-22(25)15-27-20-11-9-16-8-10-19(12-18(16)13-20)23-14-21(24)17-6-4-3-5-7-17/h3-7,9,11,13,19,21,23-24H,2,8,10,12,14-15H2,1H3/t19-,21-/m0/s1. The van der Waals surface area contributed by atoms with Gasteiger partial charge in [0.1, 0.15) is 5.75 Å². The average molecular weight is 369 g/mol. The number of carbonyl (C=O) groups excluding carboxylic acids is 1. The fraction of sp³-hybridized carbons (Fsp3) is 0.409. The van der Waals surface area contributed by atoms with Gasteiger partial charge in [0.15, 0.2) is 6.61 Å². The second-order valence-corrected chi connectivity index (χ2v) is 6.80. The van der Waals surface area contributed by atoms with Crippen molar-refractivity contribution in [3.63, 3.8) is 0 Å². The molecule has 27 heavy (non-hydrogen) atoms. The van der Waals surface area contributed by atoms with Crippen LogP contribution in [0.25, 0.3) is 0 Å². The van der Waals surface area contributed by atoms with Gasteiger partial charge in [-0.1, -0.05) is 36.4 Å². The number of rotatable bonds is 8. The van der Waals surface area contributed by atoms with Gasteiger partial charge in [-0.2, -0.15) is 0 Å². The summed E-state index contributed by atoms with van der Waals surface area (Å²) in [6.07, 6.45) is 2.41. The van der Waals surface area contributed by atoms with Crippen LogP contribution in [-0.4, -0.2) is 36.9 Å². The van der Waals surface area contributed by atoms with E-state index in [2.05, 4.69) is 11.4 Å². The maximum atomic E-state index is 11.4. The predicted molar refractivity (Wildman–Crippen MR) is 104 cm³/mol. The molecule has 144 valence electrons. The van der Waals surface area contributed by atoms with E-state index in [4.69, 9.17) is 9.47 Å². The van der Waals surface area contributed by atoms with E-state index >= 15 is 0 Å². The summed E-state index contributed by atoms with van der Waals surface area (Å²) in [5.74, 6) is 0.330. The van der Waals surface area contributed by atoms with Crippen LogP contribution in [0.5, 0.6) is 5.75 Å². The number of fused-ring (bicyclic) bond motifs is 1. The van der Waals surface area contributed by atoms with Crippen molar-refractivity contribution < 1.29 is 19.4 Å². The number of carbonyl (C=O) groups is 1. The van der Waals surface area contributed by atoms with Crippen LogP contribution in [0.15, 0.2) is 48.5 Å². The first kappa shape index (κ1) is 19.4. The van der Waals surface area contributed by atoms with Gasteiger partial charge in [-0.25, -0.2) is 4.79 Å². The third-order valence-electron chi connectivity index (χ3n) is 4.85. The van der Waals surface area contributed by atoms with Gasteiger partial charge in [-0.3, -0.25) is 0 Å². The molecule has 0 heterocycles. The van der Waals surface area contributed by atoms with Crippen LogP contribution in [0.1, 0.15) is 36.1 Å². The van der Waals surface area contributed by atoms with E-state index < -0.39 is 6.10 Å². The maximum Gasteiger partial charge on any atom is 0.344 e. The van der Waals surface area contributed by atoms with Crippen molar-refractivity contribution in [3.8, 4) is 5.75 Å². The van der Waals surface area contributed by atoms with Crippen LogP contribution < -0.4 is 10.1 Å². The fourth-order valence-electron chi connectivity index (χ4n) is 3.41. The second kappa shape index (κ2) is 9.53. The van der Waals surface area contributed by atoms with Gasteiger partial charge in [0.25, 0.3) is 0 Å². The van der Waals surface area contributed by atoms with Crippen molar-refractivity contribution in [2.75, 3.05) is 19.8 Å². The van der Waals surface area contributed by atoms with Crippen molar-refractivity contribution in [3.05, 3.63) is 65.2 Å². The van der Waals surface area contributed by atoms with Gasteiger partial charge >= 0.3 is 5.97 Å².